The Kier molecular flexibility index (Phi) is 10.7. The van der Waals surface area contributed by atoms with Gasteiger partial charge in [-0.15, -0.1) is 0 Å². The van der Waals surface area contributed by atoms with Gasteiger partial charge < -0.3 is 30.2 Å². The SMILES string of the molecule is NS(=O)(=O)N1CCC(N2CCN(C(=O)C(Cc3ccc(O)c(Br)c3)[C@H]3CC(N4CCc5ccccc5NC4=O)CCN3C(=O)O)CC2)CC1. The number of urea groups is 1. The summed E-state index contributed by atoms with van der Waals surface area (Å²) in [6.07, 6.45) is 1.91. The lowest BCUT2D eigenvalue weighted by atomic mass is 9.82. The number of benzene rings is 2. The van der Waals surface area contributed by atoms with Crippen LogP contribution in [0.25, 0.3) is 0 Å². The first-order valence-electron chi connectivity index (χ1n) is 16.8. The molecule has 0 saturated carbocycles. The number of piperidine rings is 2. The molecule has 0 radical (unpaired) electrons. The maximum atomic E-state index is 14.6. The second-order valence-electron chi connectivity index (χ2n) is 13.4. The quantitative estimate of drug-likeness (QED) is 0.333. The molecule has 4 aliphatic heterocycles. The fourth-order valence-corrected chi connectivity index (χ4v) is 9.09. The van der Waals surface area contributed by atoms with Crippen LogP contribution in [-0.2, 0) is 27.8 Å². The zero-order valence-corrected chi connectivity index (χ0v) is 29.7. The number of piperazine rings is 1. The summed E-state index contributed by atoms with van der Waals surface area (Å²) in [6.45, 7) is 3.55. The lowest BCUT2D eigenvalue weighted by Gasteiger charge is -2.46. The zero-order chi connectivity index (χ0) is 34.9. The fourth-order valence-electron chi connectivity index (χ4n) is 7.94. The molecule has 14 nitrogen and oxygen atoms in total. The fraction of sp³-hybridized carbons (Fsp3) is 0.545. The third-order valence-corrected chi connectivity index (χ3v) is 12.3. The standard InChI is InChI=1S/C33H44BrN7O7S/c34-27-20-22(5-6-30(27)42)19-26(31(43)38-17-15-37(16-18-38)24-8-11-39(12-9-24)49(35,47)48)29-21-25(10-14-41(29)33(45)46)40-13-7-23-3-1-2-4-28(23)36-32(40)44/h1-6,20,24-26,29,42H,7-19,21H2,(H,36,44)(H,45,46)(H2,35,47,48)/t25?,26?,29-/m1/s1. The molecule has 6 rings (SSSR count). The lowest BCUT2D eigenvalue weighted by Crippen LogP contribution is -2.60. The number of hydrogen-bond acceptors (Lipinski definition) is 7. The van der Waals surface area contributed by atoms with E-state index in [1.165, 1.54) is 9.21 Å². The van der Waals surface area contributed by atoms with Gasteiger partial charge in [0.25, 0.3) is 10.2 Å². The van der Waals surface area contributed by atoms with E-state index in [-0.39, 0.29) is 42.7 Å². The number of carbonyl (C=O) groups is 3. The Hall–Kier alpha value is -3.44. The van der Waals surface area contributed by atoms with E-state index < -0.39 is 28.3 Å². The highest BCUT2D eigenvalue weighted by atomic mass is 79.9. The van der Waals surface area contributed by atoms with Crippen LogP contribution in [0.3, 0.4) is 0 Å². The third-order valence-electron chi connectivity index (χ3n) is 10.6. The number of hydrogen-bond donors (Lipinski definition) is 4. The Labute approximate surface area is 295 Å². The van der Waals surface area contributed by atoms with Gasteiger partial charge >= 0.3 is 12.1 Å². The number of halogens is 1. The van der Waals surface area contributed by atoms with E-state index in [1.54, 1.807) is 23.1 Å². The summed E-state index contributed by atoms with van der Waals surface area (Å²) in [6, 6.07) is 11.8. The van der Waals surface area contributed by atoms with Crippen LogP contribution in [0.4, 0.5) is 15.3 Å². The third kappa shape index (κ3) is 7.98. The van der Waals surface area contributed by atoms with E-state index in [4.69, 9.17) is 5.14 Å². The molecule has 0 aliphatic carbocycles. The molecule has 4 amide bonds. The van der Waals surface area contributed by atoms with Crippen molar-refractivity contribution in [3.8, 4) is 5.75 Å². The number of nitrogens with one attached hydrogen (secondary N) is 1. The van der Waals surface area contributed by atoms with Crippen molar-refractivity contribution in [3.63, 3.8) is 0 Å². The monoisotopic (exact) mass is 761 g/mol. The van der Waals surface area contributed by atoms with E-state index in [9.17, 15) is 33.0 Å². The van der Waals surface area contributed by atoms with Crippen LogP contribution in [-0.4, -0.2) is 131 Å². The number of nitrogens with two attached hydrogens (primary N) is 1. The molecule has 3 saturated heterocycles. The highest BCUT2D eigenvalue weighted by Gasteiger charge is 2.44. The van der Waals surface area contributed by atoms with Crippen LogP contribution in [0, 0.1) is 5.92 Å². The number of aromatic hydroxyl groups is 1. The van der Waals surface area contributed by atoms with Crippen molar-refractivity contribution in [2.24, 2.45) is 11.1 Å². The van der Waals surface area contributed by atoms with Crippen LogP contribution in [0.2, 0.25) is 0 Å². The number of rotatable bonds is 7. The summed E-state index contributed by atoms with van der Waals surface area (Å²) in [4.78, 5) is 48.0. The van der Waals surface area contributed by atoms with Gasteiger partial charge in [0.2, 0.25) is 5.91 Å². The molecule has 2 aromatic carbocycles. The Morgan fingerprint density at radius 1 is 0.959 bits per heavy atom. The van der Waals surface area contributed by atoms with Gasteiger partial charge in [-0.05, 0) is 83.8 Å². The van der Waals surface area contributed by atoms with Gasteiger partial charge in [-0.3, -0.25) is 9.69 Å². The van der Waals surface area contributed by atoms with Crippen molar-refractivity contribution in [1.82, 2.24) is 23.9 Å². The Morgan fingerprint density at radius 2 is 1.65 bits per heavy atom. The number of anilines is 1. The molecule has 4 heterocycles. The second kappa shape index (κ2) is 14.8. The van der Waals surface area contributed by atoms with E-state index in [1.807, 2.05) is 29.2 Å². The Balaban J connectivity index is 1.21. The molecular formula is C33H44BrN7O7S. The molecule has 0 spiro atoms. The van der Waals surface area contributed by atoms with E-state index in [0.717, 1.165) is 16.8 Å². The molecule has 3 atom stereocenters. The molecule has 5 N–H and O–H groups in total. The van der Waals surface area contributed by atoms with Gasteiger partial charge in [0, 0.05) is 76.2 Å². The number of nitrogens with zero attached hydrogens (tertiary/aromatic N) is 5. The van der Waals surface area contributed by atoms with Crippen molar-refractivity contribution >= 4 is 49.9 Å². The van der Waals surface area contributed by atoms with Gasteiger partial charge in [0.15, 0.2) is 0 Å². The minimum atomic E-state index is -3.72. The smallest absolute Gasteiger partial charge is 0.407 e. The number of carboxylic acid groups (broad SMARTS) is 1. The number of phenolic OH excluding ortho intramolecular Hbond substituents is 1. The topological polar surface area (TPSA) is 180 Å². The highest BCUT2D eigenvalue weighted by Crippen LogP contribution is 2.34. The molecule has 2 unspecified atom stereocenters. The number of para-hydroxylation sites is 1. The van der Waals surface area contributed by atoms with Crippen LogP contribution >= 0.6 is 15.9 Å². The number of phenols is 1. The van der Waals surface area contributed by atoms with E-state index in [0.29, 0.717) is 82.4 Å². The van der Waals surface area contributed by atoms with Gasteiger partial charge in [0.05, 0.1) is 10.4 Å². The molecule has 2 aromatic rings. The van der Waals surface area contributed by atoms with Gasteiger partial charge in [-0.2, -0.15) is 12.7 Å². The van der Waals surface area contributed by atoms with E-state index in [2.05, 4.69) is 26.1 Å². The summed E-state index contributed by atoms with van der Waals surface area (Å²) >= 11 is 3.38. The average molecular weight is 763 g/mol. The molecular weight excluding hydrogens is 718 g/mol. The van der Waals surface area contributed by atoms with Crippen molar-refractivity contribution in [2.45, 2.75) is 56.7 Å². The average Bonchev–Trinajstić information content (AvgIpc) is 3.26. The van der Waals surface area contributed by atoms with Crippen LogP contribution in [0.5, 0.6) is 5.75 Å². The normalized spacial score (nSPS) is 23.8. The Bertz CT molecular complexity index is 1660. The van der Waals surface area contributed by atoms with Crippen molar-refractivity contribution in [3.05, 3.63) is 58.1 Å². The van der Waals surface area contributed by atoms with Crippen molar-refractivity contribution in [2.75, 3.05) is 57.7 Å². The first-order chi connectivity index (χ1) is 23.4. The zero-order valence-electron chi connectivity index (χ0n) is 27.3. The predicted molar refractivity (Wildman–Crippen MR) is 186 cm³/mol. The summed E-state index contributed by atoms with van der Waals surface area (Å²) in [5, 5.41) is 28.9. The molecule has 0 aromatic heterocycles. The van der Waals surface area contributed by atoms with Crippen molar-refractivity contribution in [1.29, 1.82) is 0 Å². The van der Waals surface area contributed by atoms with Crippen LogP contribution < -0.4 is 10.5 Å². The highest BCUT2D eigenvalue weighted by molar-refractivity contribution is 9.10. The summed E-state index contributed by atoms with van der Waals surface area (Å²) in [7, 11) is -3.72. The van der Waals surface area contributed by atoms with Gasteiger partial charge in [-0.25, -0.2) is 14.7 Å². The number of amides is 4. The lowest BCUT2D eigenvalue weighted by molar-refractivity contribution is -0.140. The number of carbonyl (C=O) groups excluding carboxylic acids is 2. The maximum Gasteiger partial charge on any atom is 0.407 e. The maximum absolute atomic E-state index is 14.6. The molecule has 3 fully saturated rings. The van der Waals surface area contributed by atoms with Crippen molar-refractivity contribution < 1.29 is 33.0 Å². The van der Waals surface area contributed by atoms with Crippen LogP contribution in [0.15, 0.2) is 46.9 Å². The minimum Gasteiger partial charge on any atom is -0.507 e. The number of likely N-dealkylation sites (tertiary alicyclic amines) is 1. The molecule has 266 valence electrons. The Morgan fingerprint density at radius 3 is 2.33 bits per heavy atom. The minimum absolute atomic E-state index is 0.0655. The largest absolute Gasteiger partial charge is 0.507 e. The van der Waals surface area contributed by atoms with Gasteiger partial charge in [-0.1, -0.05) is 24.3 Å². The summed E-state index contributed by atoms with van der Waals surface area (Å²) < 4.78 is 25.3. The predicted octanol–water partition coefficient (Wildman–Crippen LogP) is 2.73. The molecule has 0 bridgehead atoms. The number of fused-ring (bicyclic) bond motifs is 1. The summed E-state index contributed by atoms with van der Waals surface area (Å²) in [5.41, 5.74) is 2.59. The molecule has 16 heteroatoms. The van der Waals surface area contributed by atoms with E-state index >= 15 is 0 Å². The summed E-state index contributed by atoms with van der Waals surface area (Å²) in [5.74, 6) is -0.805. The first-order valence-corrected chi connectivity index (χ1v) is 19.1. The molecule has 4 aliphatic rings. The first kappa shape index (κ1) is 35.4. The molecule has 49 heavy (non-hydrogen) atoms. The van der Waals surface area contributed by atoms with Gasteiger partial charge in [0.1, 0.15) is 5.75 Å². The second-order valence-corrected chi connectivity index (χ2v) is 15.8. The van der Waals surface area contributed by atoms with Crippen LogP contribution in [0.1, 0.15) is 36.8 Å².